The van der Waals surface area contributed by atoms with Crippen LogP contribution in [-0.2, 0) is 0 Å². The Morgan fingerprint density at radius 1 is 1.45 bits per heavy atom. The van der Waals surface area contributed by atoms with E-state index in [1.54, 1.807) is 24.5 Å². The van der Waals surface area contributed by atoms with Crippen molar-refractivity contribution in [1.82, 2.24) is 9.97 Å². The molecule has 1 aromatic rings. The Hall–Kier alpha value is -1.38. The Bertz CT molecular complexity index is 211. The predicted molar refractivity (Wildman–Crippen MR) is 42.3 cm³/mol. The zero-order valence-electron chi connectivity index (χ0n) is 6.23. The van der Waals surface area contributed by atoms with Gasteiger partial charge in [0.25, 0.3) is 0 Å². The van der Waals surface area contributed by atoms with E-state index < -0.39 is 0 Å². The molecule has 11 heavy (non-hydrogen) atoms. The molecule has 0 N–H and O–H groups in total. The molecule has 0 radical (unpaired) electrons. The van der Waals surface area contributed by atoms with Crippen molar-refractivity contribution in [3.05, 3.63) is 31.1 Å². The Balaban J connectivity index is 2.33. The van der Waals surface area contributed by atoms with Crippen molar-refractivity contribution >= 4 is 0 Å². The standard InChI is InChI=1S/C8H10N2O/c1-2-3-7-11-8-9-5-4-6-10-8/h2,4-6H,1,3,7H2. The lowest BCUT2D eigenvalue weighted by Gasteiger charge is -1.99. The summed E-state index contributed by atoms with van der Waals surface area (Å²) in [4.78, 5) is 7.77. The lowest BCUT2D eigenvalue weighted by atomic mass is 10.5. The van der Waals surface area contributed by atoms with Gasteiger partial charge in [0.1, 0.15) is 0 Å². The van der Waals surface area contributed by atoms with Gasteiger partial charge in [0.05, 0.1) is 6.61 Å². The van der Waals surface area contributed by atoms with E-state index >= 15 is 0 Å². The summed E-state index contributed by atoms with van der Waals surface area (Å²) in [5.74, 6) is 0. The first kappa shape index (κ1) is 7.72. The quantitative estimate of drug-likeness (QED) is 0.481. The van der Waals surface area contributed by atoms with Gasteiger partial charge >= 0.3 is 6.01 Å². The highest BCUT2D eigenvalue weighted by molar-refractivity contribution is 4.93. The molecule has 0 aliphatic heterocycles. The molecule has 1 aromatic heterocycles. The molecular weight excluding hydrogens is 140 g/mol. The minimum absolute atomic E-state index is 0.425. The van der Waals surface area contributed by atoms with Crippen LogP contribution in [0.4, 0.5) is 0 Å². The summed E-state index contributed by atoms with van der Waals surface area (Å²) in [5.41, 5.74) is 0. The van der Waals surface area contributed by atoms with Crippen LogP contribution in [0.2, 0.25) is 0 Å². The number of nitrogens with zero attached hydrogens (tertiary/aromatic N) is 2. The molecule has 3 nitrogen and oxygen atoms in total. The molecule has 58 valence electrons. The van der Waals surface area contributed by atoms with Gasteiger partial charge in [0.15, 0.2) is 0 Å². The molecule has 0 spiro atoms. The highest BCUT2D eigenvalue weighted by Crippen LogP contribution is 1.97. The maximum absolute atomic E-state index is 5.15. The lowest BCUT2D eigenvalue weighted by Crippen LogP contribution is -1.98. The van der Waals surface area contributed by atoms with Crippen LogP contribution in [0.25, 0.3) is 0 Å². The van der Waals surface area contributed by atoms with Gasteiger partial charge in [0.2, 0.25) is 0 Å². The van der Waals surface area contributed by atoms with Crippen LogP contribution in [0.5, 0.6) is 6.01 Å². The highest BCUT2D eigenvalue weighted by atomic mass is 16.5. The zero-order valence-corrected chi connectivity index (χ0v) is 6.23. The van der Waals surface area contributed by atoms with Crippen LogP contribution in [-0.4, -0.2) is 16.6 Å². The van der Waals surface area contributed by atoms with Crippen LogP contribution in [0, 0.1) is 0 Å². The number of hydrogen-bond donors (Lipinski definition) is 0. The molecule has 0 saturated heterocycles. The van der Waals surface area contributed by atoms with E-state index in [1.807, 2.05) is 0 Å². The van der Waals surface area contributed by atoms with Gasteiger partial charge in [0, 0.05) is 12.4 Å². The van der Waals surface area contributed by atoms with E-state index in [9.17, 15) is 0 Å². The van der Waals surface area contributed by atoms with E-state index in [1.165, 1.54) is 0 Å². The molecule has 0 aromatic carbocycles. The fourth-order valence-corrected chi connectivity index (χ4v) is 0.593. The monoisotopic (exact) mass is 150 g/mol. The highest BCUT2D eigenvalue weighted by Gasteiger charge is 1.90. The van der Waals surface area contributed by atoms with Crippen molar-refractivity contribution < 1.29 is 4.74 Å². The van der Waals surface area contributed by atoms with Crippen molar-refractivity contribution in [2.24, 2.45) is 0 Å². The maximum Gasteiger partial charge on any atom is 0.316 e. The fourth-order valence-electron chi connectivity index (χ4n) is 0.593. The zero-order chi connectivity index (χ0) is 7.94. The van der Waals surface area contributed by atoms with Crippen molar-refractivity contribution in [3.8, 4) is 6.01 Å². The summed E-state index contributed by atoms with van der Waals surface area (Å²) in [6.45, 7) is 4.16. The fraction of sp³-hybridized carbons (Fsp3) is 0.250. The van der Waals surface area contributed by atoms with E-state index in [0.717, 1.165) is 6.42 Å². The van der Waals surface area contributed by atoms with Gasteiger partial charge in [-0.2, -0.15) is 0 Å². The molecule has 0 unspecified atom stereocenters. The van der Waals surface area contributed by atoms with Gasteiger partial charge in [-0.25, -0.2) is 9.97 Å². The minimum atomic E-state index is 0.425. The van der Waals surface area contributed by atoms with Crippen LogP contribution < -0.4 is 4.74 Å². The van der Waals surface area contributed by atoms with Crippen molar-refractivity contribution in [2.45, 2.75) is 6.42 Å². The molecule has 1 rings (SSSR count). The topological polar surface area (TPSA) is 35.0 Å². The third-order valence-corrected chi connectivity index (χ3v) is 1.10. The molecule has 3 heteroatoms. The molecule has 0 aliphatic carbocycles. The summed E-state index contributed by atoms with van der Waals surface area (Å²) in [6, 6.07) is 2.18. The number of aromatic nitrogens is 2. The van der Waals surface area contributed by atoms with E-state index in [2.05, 4.69) is 16.5 Å². The summed E-state index contributed by atoms with van der Waals surface area (Å²) >= 11 is 0. The van der Waals surface area contributed by atoms with Crippen molar-refractivity contribution in [3.63, 3.8) is 0 Å². The van der Waals surface area contributed by atoms with Crippen molar-refractivity contribution in [2.75, 3.05) is 6.61 Å². The largest absolute Gasteiger partial charge is 0.463 e. The van der Waals surface area contributed by atoms with Gasteiger partial charge in [-0.05, 0) is 12.5 Å². The molecule has 0 bridgehead atoms. The van der Waals surface area contributed by atoms with E-state index in [-0.39, 0.29) is 0 Å². The first-order valence-corrected chi connectivity index (χ1v) is 3.44. The second-order valence-electron chi connectivity index (χ2n) is 1.96. The van der Waals surface area contributed by atoms with Crippen LogP contribution in [0.1, 0.15) is 6.42 Å². The Morgan fingerprint density at radius 2 is 2.18 bits per heavy atom. The average Bonchev–Trinajstić information content (AvgIpc) is 2.07. The van der Waals surface area contributed by atoms with E-state index in [4.69, 9.17) is 4.74 Å². The second kappa shape index (κ2) is 4.44. The molecule has 1 heterocycles. The van der Waals surface area contributed by atoms with Gasteiger partial charge in [-0.15, -0.1) is 6.58 Å². The van der Waals surface area contributed by atoms with Gasteiger partial charge < -0.3 is 4.74 Å². The van der Waals surface area contributed by atoms with E-state index in [0.29, 0.717) is 12.6 Å². The molecular formula is C8H10N2O. The lowest BCUT2D eigenvalue weighted by molar-refractivity contribution is 0.299. The normalized spacial score (nSPS) is 9.09. The predicted octanol–water partition coefficient (Wildman–Crippen LogP) is 1.43. The second-order valence-corrected chi connectivity index (χ2v) is 1.96. The first-order chi connectivity index (χ1) is 5.43. The summed E-state index contributed by atoms with van der Waals surface area (Å²) < 4.78 is 5.15. The van der Waals surface area contributed by atoms with Crippen LogP contribution in [0.15, 0.2) is 31.1 Å². The number of rotatable bonds is 4. The minimum Gasteiger partial charge on any atom is -0.463 e. The van der Waals surface area contributed by atoms with Crippen molar-refractivity contribution in [1.29, 1.82) is 0 Å². The van der Waals surface area contributed by atoms with Crippen LogP contribution in [0.3, 0.4) is 0 Å². The molecule has 0 fully saturated rings. The third-order valence-electron chi connectivity index (χ3n) is 1.10. The Labute approximate surface area is 65.8 Å². The smallest absolute Gasteiger partial charge is 0.316 e. The molecule has 0 saturated carbocycles. The average molecular weight is 150 g/mol. The summed E-state index contributed by atoms with van der Waals surface area (Å²) in [7, 11) is 0. The van der Waals surface area contributed by atoms with Gasteiger partial charge in [-0.3, -0.25) is 0 Å². The Kier molecular flexibility index (Phi) is 3.12. The summed E-state index contributed by atoms with van der Waals surface area (Å²) in [6.07, 6.45) is 5.91. The van der Waals surface area contributed by atoms with Gasteiger partial charge in [-0.1, -0.05) is 6.08 Å². The third kappa shape index (κ3) is 2.80. The SMILES string of the molecule is C=CCCOc1ncccn1. The number of hydrogen-bond acceptors (Lipinski definition) is 3. The molecule has 0 amide bonds. The van der Waals surface area contributed by atoms with Crippen LogP contribution >= 0.6 is 0 Å². The summed E-state index contributed by atoms with van der Waals surface area (Å²) in [5, 5.41) is 0. The molecule has 0 atom stereocenters. The maximum atomic E-state index is 5.15. The first-order valence-electron chi connectivity index (χ1n) is 3.44. The molecule has 0 aliphatic rings. The Morgan fingerprint density at radius 3 is 2.82 bits per heavy atom. The number of ether oxygens (including phenoxy) is 1.